The van der Waals surface area contributed by atoms with Gasteiger partial charge in [-0.1, -0.05) is 11.6 Å². The number of nitrogens with zero attached hydrogens (tertiary/aromatic N) is 1. The highest BCUT2D eigenvalue weighted by atomic mass is 15.1. The van der Waals surface area contributed by atoms with Gasteiger partial charge in [-0.15, -0.1) is 0 Å². The second-order valence-corrected chi connectivity index (χ2v) is 4.13. The normalized spacial score (nSPS) is 21.8. The highest BCUT2D eigenvalue weighted by Gasteiger charge is 2.16. The molecule has 0 aromatic heterocycles. The highest BCUT2D eigenvalue weighted by molar-refractivity contribution is 5.13. The van der Waals surface area contributed by atoms with Crippen LogP contribution in [0.15, 0.2) is 11.6 Å². The second-order valence-electron chi connectivity index (χ2n) is 4.13. The molecule has 1 unspecified atom stereocenters. The second kappa shape index (κ2) is 4.77. The fourth-order valence-corrected chi connectivity index (χ4v) is 1.75. The molecule has 1 heterocycles. The van der Waals surface area contributed by atoms with Crippen LogP contribution < -0.4 is 5.32 Å². The van der Waals surface area contributed by atoms with Crippen LogP contribution in [0.5, 0.6) is 0 Å². The number of hydrogen-bond donors (Lipinski definition) is 1. The van der Waals surface area contributed by atoms with Gasteiger partial charge in [-0.2, -0.15) is 0 Å². The minimum atomic E-state index is 0.550. The summed E-state index contributed by atoms with van der Waals surface area (Å²) in [6.45, 7) is 9.10. The summed E-state index contributed by atoms with van der Waals surface area (Å²) >= 11 is 0. The summed E-state index contributed by atoms with van der Waals surface area (Å²) in [7, 11) is 2.03. The molecule has 2 heteroatoms. The predicted octanol–water partition coefficient (Wildman–Crippen LogP) is 1.63. The van der Waals surface area contributed by atoms with Crippen molar-refractivity contribution in [1.82, 2.24) is 10.2 Å². The molecule has 1 N–H and O–H groups in total. The van der Waals surface area contributed by atoms with Crippen LogP contribution in [0.1, 0.15) is 27.2 Å². The van der Waals surface area contributed by atoms with E-state index in [0.717, 1.165) is 6.54 Å². The smallest absolute Gasteiger partial charge is 0.0249 e. The first kappa shape index (κ1) is 10.7. The molecule has 0 spiro atoms. The fourth-order valence-electron chi connectivity index (χ4n) is 1.75. The topological polar surface area (TPSA) is 15.3 Å². The lowest BCUT2D eigenvalue weighted by Gasteiger charge is -2.31. The Labute approximate surface area is 82.0 Å². The molecule has 13 heavy (non-hydrogen) atoms. The summed E-state index contributed by atoms with van der Waals surface area (Å²) in [4.78, 5) is 2.51. The van der Waals surface area contributed by atoms with Crippen molar-refractivity contribution in [2.24, 2.45) is 0 Å². The maximum atomic E-state index is 3.29. The quantitative estimate of drug-likeness (QED) is 0.667. The van der Waals surface area contributed by atoms with Gasteiger partial charge in [0.25, 0.3) is 0 Å². The minimum absolute atomic E-state index is 0.550. The lowest BCUT2D eigenvalue weighted by molar-refractivity contribution is 0.236. The van der Waals surface area contributed by atoms with E-state index in [-0.39, 0.29) is 0 Å². The van der Waals surface area contributed by atoms with Crippen LogP contribution in [0.4, 0.5) is 0 Å². The summed E-state index contributed by atoms with van der Waals surface area (Å²) < 4.78 is 0. The summed E-state index contributed by atoms with van der Waals surface area (Å²) in [5, 5.41) is 3.29. The van der Waals surface area contributed by atoms with Crippen LogP contribution in [0.25, 0.3) is 0 Å². The molecule has 0 radical (unpaired) electrons. The maximum absolute atomic E-state index is 3.29. The fraction of sp³-hybridized carbons (Fsp3) is 0.818. The molecule has 0 aromatic carbocycles. The zero-order valence-corrected chi connectivity index (χ0v) is 9.30. The Morgan fingerprint density at radius 3 is 2.46 bits per heavy atom. The third-order valence-corrected chi connectivity index (χ3v) is 3.00. The standard InChI is InChI=1S/C11H22N2/c1-9(2)13-7-5-11(6-8-13)10(3)12-4/h5,9-10,12H,6-8H2,1-4H3. The van der Waals surface area contributed by atoms with Crippen molar-refractivity contribution in [3.05, 3.63) is 11.6 Å². The first-order valence-corrected chi connectivity index (χ1v) is 5.25. The molecule has 1 atom stereocenters. The Balaban J connectivity index is 2.47. The molecule has 0 aliphatic carbocycles. The molecule has 1 aliphatic heterocycles. The van der Waals surface area contributed by atoms with Crippen molar-refractivity contribution in [3.8, 4) is 0 Å². The lowest BCUT2D eigenvalue weighted by atomic mass is 10.0. The summed E-state index contributed by atoms with van der Waals surface area (Å²) in [5.74, 6) is 0. The number of rotatable bonds is 3. The van der Waals surface area contributed by atoms with Crippen LogP contribution in [-0.4, -0.2) is 37.1 Å². The molecule has 76 valence electrons. The van der Waals surface area contributed by atoms with Crippen molar-refractivity contribution in [2.75, 3.05) is 20.1 Å². The molecule has 2 nitrogen and oxygen atoms in total. The van der Waals surface area contributed by atoms with Gasteiger partial charge in [0.15, 0.2) is 0 Å². The minimum Gasteiger partial charge on any atom is -0.314 e. The van der Waals surface area contributed by atoms with Crippen LogP contribution in [0, 0.1) is 0 Å². The van der Waals surface area contributed by atoms with Crippen molar-refractivity contribution >= 4 is 0 Å². The average Bonchev–Trinajstić information content (AvgIpc) is 2.17. The van der Waals surface area contributed by atoms with Gasteiger partial charge in [-0.25, -0.2) is 0 Å². The zero-order valence-electron chi connectivity index (χ0n) is 9.30. The van der Waals surface area contributed by atoms with Gasteiger partial charge in [0.05, 0.1) is 0 Å². The molecule has 0 aromatic rings. The van der Waals surface area contributed by atoms with Crippen LogP contribution in [0.3, 0.4) is 0 Å². The van der Waals surface area contributed by atoms with Gasteiger partial charge in [0, 0.05) is 25.2 Å². The maximum Gasteiger partial charge on any atom is 0.0249 e. The molecule has 0 bridgehead atoms. The van der Waals surface area contributed by atoms with Crippen LogP contribution in [-0.2, 0) is 0 Å². The average molecular weight is 182 g/mol. The molecule has 0 saturated carbocycles. The van der Waals surface area contributed by atoms with E-state index in [2.05, 4.69) is 37.1 Å². The third kappa shape index (κ3) is 2.82. The molecule has 0 fully saturated rings. The zero-order chi connectivity index (χ0) is 9.84. The van der Waals surface area contributed by atoms with Gasteiger partial charge in [0.1, 0.15) is 0 Å². The summed E-state index contributed by atoms with van der Waals surface area (Å²) in [6, 6.07) is 1.23. The van der Waals surface area contributed by atoms with E-state index in [1.807, 2.05) is 7.05 Å². The van der Waals surface area contributed by atoms with Crippen molar-refractivity contribution in [2.45, 2.75) is 39.3 Å². The van der Waals surface area contributed by atoms with E-state index >= 15 is 0 Å². The monoisotopic (exact) mass is 182 g/mol. The molecular weight excluding hydrogens is 160 g/mol. The molecule has 1 rings (SSSR count). The van der Waals surface area contributed by atoms with E-state index in [9.17, 15) is 0 Å². The lowest BCUT2D eigenvalue weighted by Crippen LogP contribution is -2.37. The highest BCUT2D eigenvalue weighted by Crippen LogP contribution is 2.15. The van der Waals surface area contributed by atoms with Gasteiger partial charge < -0.3 is 5.32 Å². The van der Waals surface area contributed by atoms with Crippen LogP contribution >= 0.6 is 0 Å². The van der Waals surface area contributed by atoms with E-state index in [4.69, 9.17) is 0 Å². The van der Waals surface area contributed by atoms with Gasteiger partial charge in [-0.3, -0.25) is 4.90 Å². The first-order chi connectivity index (χ1) is 6.15. The predicted molar refractivity (Wildman–Crippen MR) is 57.9 cm³/mol. The SMILES string of the molecule is CNC(C)C1=CCN(C(C)C)CC1. The van der Waals surface area contributed by atoms with Gasteiger partial charge in [-0.05, 0) is 34.2 Å². The Morgan fingerprint density at radius 1 is 1.38 bits per heavy atom. The first-order valence-electron chi connectivity index (χ1n) is 5.25. The number of hydrogen-bond acceptors (Lipinski definition) is 2. The van der Waals surface area contributed by atoms with Crippen molar-refractivity contribution in [3.63, 3.8) is 0 Å². The molecule has 0 amide bonds. The number of likely N-dealkylation sites (N-methyl/N-ethyl adjacent to an activating group) is 1. The summed E-state index contributed by atoms with van der Waals surface area (Å²) in [6.07, 6.45) is 3.60. The Bertz CT molecular complexity index is 185. The Hall–Kier alpha value is -0.340. The van der Waals surface area contributed by atoms with Crippen molar-refractivity contribution in [1.29, 1.82) is 0 Å². The molecular formula is C11H22N2. The Morgan fingerprint density at radius 2 is 2.08 bits per heavy atom. The van der Waals surface area contributed by atoms with Crippen molar-refractivity contribution < 1.29 is 0 Å². The van der Waals surface area contributed by atoms with Crippen LogP contribution in [0.2, 0.25) is 0 Å². The molecule has 1 aliphatic rings. The van der Waals surface area contributed by atoms with Gasteiger partial charge >= 0.3 is 0 Å². The van der Waals surface area contributed by atoms with E-state index in [1.54, 1.807) is 5.57 Å². The van der Waals surface area contributed by atoms with E-state index < -0.39 is 0 Å². The Kier molecular flexibility index (Phi) is 3.94. The largest absolute Gasteiger partial charge is 0.314 e. The summed E-state index contributed by atoms with van der Waals surface area (Å²) in [5.41, 5.74) is 1.57. The van der Waals surface area contributed by atoms with Gasteiger partial charge in [0.2, 0.25) is 0 Å². The molecule has 0 saturated heterocycles. The third-order valence-electron chi connectivity index (χ3n) is 3.00. The van der Waals surface area contributed by atoms with E-state index in [1.165, 1.54) is 13.0 Å². The van der Waals surface area contributed by atoms with E-state index in [0.29, 0.717) is 12.1 Å². The number of nitrogens with one attached hydrogen (secondary N) is 1.